The number of hydrogen-bond acceptors (Lipinski definition) is 2. The summed E-state index contributed by atoms with van der Waals surface area (Å²) in [5, 5.41) is 9.47. The van der Waals surface area contributed by atoms with Gasteiger partial charge in [-0.25, -0.2) is 0 Å². The Kier molecular flexibility index (Phi) is 1.31. The third-order valence-corrected chi connectivity index (χ3v) is 2.85. The molecule has 2 bridgehead atoms. The molecule has 0 saturated heterocycles. The number of carbonyl (C=O) groups excluding carboxylic acids is 1. The molecule has 2 saturated carbocycles. The molecule has 0 aromatic carbocycles. The number of rotatable bonds is 0. The van der Waals surface area contributed by atoms with Crippen LogP contribution in [0, 0.1) is 11.8 Å². The van der Waals surface area contributed by atoms with Gasteiger partial charge < -0.3 is 5.11 Å². The molecule has 2 fully saturated rings. The maximum Gasteiger partial charge on any atom is 0.133 e. The highest BCUT2D eigenvalue weighted by Crippen LogP contribution is 2.40. The molecule has 0 amide bonds. The Morgan fingerprint density at radius 3 is 2.20 bits per heavy atom. The molecule has 2 heteroatoms. The van der Waals surface area contributed by atoms with Crippen LogP contribution in [0.25, 0.3) is 0 Å². The lowest BCUT2D eigenvalue weighted by Crippen LogP contribution is -2.30. The van der Waals surface area contributed by atoms with Gasteiger partial charge in [0, 0.05) is 12.8 Å². The van der Waals surface area contributed by atoms with Gasteiger partial charge >= 0.3 is 0 Å². The molecule has 10 heavy (non-hydrogen) atoms. The molecule has 0 aromatic heterocycles. The maximum atomic E-state index is 11.0. The van der Waals surface area contributed by atoms with Crippen LogP contribution >= 0.6 is 0 Å². The minimum absolute atomic E-state index is 0.155. The molecule has 2 aliphatic rings. The Labute approximate surface area is 60.2 Å². The highest BCUT2D eigenvalue weighted by Gasteiger charge is 2.40. The van der Waals surface area contributed by atoms with Gasteiger partial charge in [0.05, 0.1) is 6.10 Å². The first-order valence-electron chi connectivity index (χ1n) is 3.97. The van der Waals surface area contributed by atoms with E-state index in [1.165, 1.54) is 0 Å². The van der Waals surface area contributed by atoms with Crippen LogP contribution in [0.2, 0.25) is 0 Å². The summed E-state index contributed by atoms with van der Waals surface area (Å²) < 4.78 is 0. The summed E-state index contributed by atoms with van der Waals surface area (Å²) in [6, 6.07) is 0. The largest absolute Gasteiger partial charge is 0.393 e. The lowest BCUT2D eigenvalue weighted by Gasteiger charge is -2.23. The van der Waals surface area contributed by atoms with Crippen LogP contribution in [0.5, 0.6) is 0 Å². The molecular formula is C8H12O2. The Bertz CT molecular complexity index is 149. The molecule has 2 aliphatic carbocycles. The van der Waals surface area contributed by atoms with E-state index in [0.29, 0.717) is 30.5 Å². The molecule has 0 spiro atoms. The summed E-state index contributed by atoms with van der Waals surface area (Å²) >= 11 is 0. The molecule has 56 valence electrons. The first-order chi connectivity index (χ1) is 4.77. The second kappa shape index (κ2) is 2.06. The quantitative estimate of drug-likeness (QED) is 0.538. The topological polar surface area (TPSA) is 37.3 Å². The zero-order chi connectivity index (χ0) is 7.14. The van der Waals surface area contributed by atoms with Crippen molar-refractivity contribution in [2.24, 2.45) is 11.8 Å². The van der Waals surface area contributed by atoms with Gasteiger partial charge in [-0.15, -0.1) is 0 Å². The second-order valence-electron chi connectivity index (χ2n) is 3.54. The number of ketones is 1. The molecule has 0 unspecified atom stereocenters. The number of aliphatic hydroxyl groups is 1. The summed E-state index contributed by atoms with van der Waals surface area (Å²) in [5.74, 6) is 0.982. The standard InChI is InChI=1S/C8H12O2/c9-7-3-5-1-2-6(4-7)8(5)10/h5-6,8,10H,1-4H2/t5-,6+,8-. The monoisotopic (exact) mass is 140 g/mol. The minimum Gasteiger partial charge on any atom is -0.393 e. The molecule has 0 radical (unpaired) electrons. The van der Waals surface area contributed by atoms with Gasteiger partial charge in [0.15, 0.2) is 0 Å². The van der Waals surface area contributed by atoms with E-state index in [1.807, 2.05) is 0 Å². The van der Waals surface area contributed by atoms with Crippen LogP contribution in [0.3, 0.4) is 0 Å². The zero-order valence-electron chi connectivity index (χ0n) is 5.92. The molecule has 2 rings (SSSR count). The lowest BCUT2D eigenvalue weighted by molar-refractivity contribution is -0.125. The predicted octanol–water partition coefficient (Wildman–Crippen LogP) is 0.736. The van der Waals surface area contributed by atoms with Crippen molar-refractivity contribution >= 4 is 5.78 Å². The summed E-state index contributed by atoms with van der Waals surface area (Å²) in [5.41, 5.74) is 0. The first kappa shape index (κ1) is 6.35. The lowest BCUT2D eigenvalue weighted by atomic mass is 9.86. The van der Waals surface area contributed by atoms with E-state index in [1.54, 1.807) is 0 Å². The van der Waals surface area contributed by atoms with Crippen molar-refractivity contribution in [1.29, 1.82) is 0 Å². The second-order valence-corrected chi connectivity index (χ2v) is 3.54. The van der Waals surface area contributed by atoms with E-state index in [-0.39, 0.29) is 6.10 Å². The molecule has 0 aliphatic heterocycles. The van der Waals surface area contributed by atoms with E-state index < -0.39 is 0 Å². The van der Waals surface area contributed by atoms with Crippen LogP contribution in [-0.4, -0.2) is 17.0 Å². The molecular weight excluding hydrogens is 128 g/mol. The summed E-state index contributed by atoms with van der Waals surface area (Å²) in [6.45, 7) is 0. The first-order valence-corrected chi connectivity index (χ1v) is 3.97. The number of carbonyl (C=O) groups is 1. The molecule has 1 N–H and O–H groups in total. The Balaban J connectivity index is 2.16. The summed E-state index contributed by atoms with van der Waals surface area (Å²) in [6.07, 6.45) is 3.25. The number of fused-ring (bicyclic) bond motifs is 2. The van der Waals surface area contributed by atoms with Gasteiger partial charge in [-0.05, 0) is 24.7 Å². The molecule has 2 nitrogen and oxygen atoms in total. The third-order valence-electron chi connectivity index (χ3n) is 2.85. The van der Waals surface area contributed by atoms with Crippen molar-refractivity contribution in [3.05, 3.63) is 0 Å². The van der Waals surface area contributed by atoms with Crippen molar-refractivity contribution in [3.63, 3.8) is 0 Å². The average Bonchev–Trinajstić information content (AvgIpc) is 2.20. The smallest absolute Gasteiger partial charge is 0.133 e. The van der Waals surface area contributed by atoms with E-state index in [9.17, 15) is 9.90 Å². The van der Waals surface area contributed by atoms with Gasteiger partial charge in [-0.2, -0.15) is 0 Å². The van der Waals surface area contributed by atoms with E-state index in [4.69, 9.17) is 0 Å². The number of aliphatic hydroxyl groups excluding tert-OH is 1. The number of hydrogen-bond donors (Lipinski definition) is 1. The van der Waals surface area contributed by atoms with Crippen LogP contribution < -0.4 is 0 Å². The van der Waals surface area contributed by atoms with E-state index in [0.717, 1.165) is 12.8 Å². The van der Waals surface area contributed by atoms with Crippen LogP contribution in [0.15, 0.2) is 0 Å². The zero-order valence-corrected chi connectivity index (χ0v) is 5.92. The average molecular weight is 140 g/mol. The van der Waals surface area contributed by atoms with Gasteiger partial charge in [0.2, 0.25) is 0 Å². The highest BCUT2D eigenvalue weighted by molar-refractivity contribution is 5.80. The molecule has 3 atom stereocenters. The minimum atomic E-state index is -0.155. The fourth-order valence-corrected chi connectivity index (χ4v) is 2.27. The van der Waals surface area contributed by atoms with Crippen LogP contribution in [0.4, 0.5) is 0 Å². The fraction of sp³-hybridized carbons (Fsp3) is 0.875. The fourth-order valence-electron chi connectivity index (χ4n) is 2.27. The normalized spacial score (nSPS) is 46.1. The number of Topliss-reactive ketones (excluding diaryl/α,β-unsaturated/α-hetero) is 1. The van der Waals surface area contributed by atoms with Crippen molar-refractivity contribution < 1.29 is 9.90 Å². The SMILES string of the molecule is O=C1C[C@H]2CC[C@@H](C1)[C@@H]2O. The van der Waals surface area contributed by atoms with Gasteiger partial charge in [0.1, 0.15) is 5.78 Å². The predicted molar refractivity (Wildman–Crippen MR) is 36.5 cm³/mol. The Morgan fingerprint density at radius 2 is 1.70 bits per heavy atom. The van der Waals surface area contributed by atoms with Crippen LogP contribution in [0.1, 0.15) is 25.7 Å². The summed E-state index contributed by atoms with van der Waals surface area (Å²) in [7, 11) is 0. The van der Waals surface area contributed by atoms with Crippen molar-refractivity contribution in [2.75, 3.05) is 0 Å². The van der Waals surface area contributed by atoms with Crippen molar-refractivity contribution in [3.8, 4) is 0 Å². The van der Waals surface area contributed by atoms with Gasteiger partial charge in [0.25, 0.3) is 0 Å². The molecule has 0 aromatic rings. The van der Waals surface area contributed by atoms with E-state index >= 15 is 0 Å². The van der Waals surface area contributed by atoms with Gasteiger partial charge in [-0.3, -0.25) is 4.79 Å². The Morgan fingerprint density at radius 1 is 1.20 bits per heavy atom. The van der Waals surface area contributed by atoms with Gasteiger partial charge in [-0.1, -0.05) is 0 Å². The Hall–Kier alpha value is -0.370. The van der Waals surface area contributed by atoms with E-state index in [2.05, 4.69) is 0 Å². The highest BCUT2D eigenvalue weighted by atomic mass is 16.3. The third kappa shape index (κ3) is 0.788. The van der Waals surface area contributed by atoms with Crippen molar-refractivity contribution in [1.82, 2.24) is 0 Å². The summed E-state index contributed by atoms with van der Waals surface area (Å²) in [4.78, 5) is 11.0. The van der Waals surface area contributed by atoms with Crippen LogP contribution in [-0.2, 0) is 4.79 Å². The van der Waals surface area contributed by atoms with Crippen molar-refractivity contribution in [2.45, 2.75) is 31.8 Å². The molecule has 0 heterocycles. The maximum absolute atomic E-state index is 11.0.